The van der Waals surface area contributed by atoms with Gasteiger partial charge in [0, 0.05) is 18.0 Å². The smallest absolute Gasteiger partial charge is 0.241 e. The first kappa shape index (κ1) is 17.0. The van der Waals surface area contributed by atoms with Gasteiger partial charge in [-0.25, -0.2) is 0 Å². The van der Waals surface area contributed by atoms with E-state index in [1.807, 2.05) is 51.1 Å². The van der Waals surface area contributed by atoms with Gasteiger partial charge >= 0.3 is 0 Å². The van der Waals surface area contributed by atoms with E-state index in [0.717, 1.165) is 5.69 Å². The summed E-state index contributed by atoms with van der Waals surface area (Å²) in [5.41, 5.74) is 7.17. The Labute approximate surface area is 136 Å². The van der Waals surface area contributed by atoms with Gasteiger partial charge in [0.05, 0.1) is 11.7 Å². The van der Waals surface area contributed by atoms with Crippen molar-refractivity contribution in [3.8, 4) is 5.75 Å². The summed E-state index contributed by atoms with van der Waals surface area (Å²) in [5.74, 6) is 0.456. The molecule has 3 N–H and O–H groups in total. The molecule has 0 saturated heterocycles. The number of carbonyl (C=O) groups excluding carboxylic acids is 1. The molecule has 0 unspecified atom stereocenters. The molecule has 23 heavy (non-hydrogen) atoms. The molecule has 122 valence electrons. The Bertz CT molecular complexity index is 651. The van der Waals surface area contributed by atoms with Crippen molar-refractivity contribution >= 4 is 11.6 Å². The van der Waals surface area contributed by atoms with E-state index in [1.54, 1.807) is 18.3 Å². The molecule has 1 heterocycles. The summed E-state index contributed by atoms with van der Waals surface area (Å²) in [4.78, 5) is 16.4. The lowest BCUT2D eigenvalue weighted by Gasteiger charge is -2.25. The van der Waals surface area contributed by atoms with Gasteiger partial charge in [0.1, 0.15) is 12.4 Å². The van der Waals surface area contributed by atoms with Gasteiger partial charge in [-0.05, 0) is 29.7 Å². The number of amides is 1. The topological polar surface area (TPSA) is 77.2 Å². The average molecular weight is 313 g/mol. The van der Waals surface area contributed by atoms with Gasteiger partial charge in [0.15, 0.2) is 0 Å². The molecule has 1 atom stereocenters. The number of nitrogens with one attached hydrogen (secondary N) is 1. The van der Waals surface area contributed by atoms with Crippen LogP contribution in [-0.4, -0.2) is 16.9 Å². The van der Waals surface area contributed by atoms with Gasteiger partial charge in [0.2, 0.25) is 5.91 Å². The lowest BCUT2D eigenvalue weighted by Crippen LogP contribution is -2.45. The summed E-state index contributed by atoms with van der Waals surface area (Å²) >= 11 is 0. The third kappa shape index (κ3) is 5.07. The van der Waals surface area contributed by atoms with E-state index in [2.05, 4.69) is 10.3 Å². The molecule has 0 radical (unpaired) electrons. The Hall–Kier alpha value is -2.40. The number of anilines is 1. The average Bonchev–Trinajstić information content (AvgIpc) is 2.52. The Morgan fingerprint density at radius 2 is 2.04 bits per heavy atom. The number of hydrogen-bond acceptors (Lipinski definition) is 4. The number of ether oxygens (including phenoxy) is 1. The van der Waals surface area contributed by atoms with Gasteiger partial charge in [-0.3, -0.25) is 9.78 Å². The van der Waals surface area contributed by atoms with Crippen LogP contribution < -0.4 is 15.8 Å². The first-order valence-electron chi connectivity index (χ1n) is 7.55. The summed E-state index contributed by atoms with van der Waals surface area (Å²) in [7, 11) is 0. The van der Waals surface area contributed by atoms with Crippen molar-refractivity contribution in [2.45, 2.75) is 33.4 Å². The van der Waals surface area contributed by atoms with Crippen LogP contribution in [0.5, 0.6) is 5.75 Å². The number of benzene rings is 1. The molecule has 2 aromatic rings. The van der Waals surface area contributed by atoms with Crippen LogP contribution in [0.15, 0.2) is 48.7 Å². The highest BCUT2D eigenvalue weighted by Crippen LogP contribution is 2.21. The highest BCUT2D eigenvalue weighted by molar-refractivity contribution is 5.95. The van der Waals surface area contributed by atoms with Crippen molar-refractivity contribution in [3.05, 3.63) is 54.4 Å². The normalized spacial score (nSPS) is 12.5. The largest absolute Gasteiger partial charge is 0.487 e. The van der Waals surface area contributed by atoms with Crippen LogP contribution >= 0.6 is 0 Å². The highest BCUT2D eigenvalue weighted by atomic mass is 16.5. The Morgan fingerprint density at radius 3 is 2.70 bits per heavy atom. The van der Waals surface area contributed by atoms with E-state index in [4.69, 9.17) is 10.5 Å². The number of carbonyl (C=O) groups is 1. The monoisotopic (exact) mass is 313 g/mol. The molecular weight excluding hydrogens is 290 g/mol. The second-order valence-electron chi connectivity index (χ2n) is 6.47. The maximum Gasteiger partial charge on any atom is 0.241 e. The number of hydrogen-bond donors (Lipinski definition) is 2. The zero-order valence-corrected chi connectivity index (χ0v) is 13.7. The summed E-state index contributed by atoms with van der Waals surface area (Å²) in [5, 5.41) is 2.83. The van der Waals surface area contributed by atoms with Crippen molar-refractivity contribution in [2.24, 2.45) is 11.1 Å². The fourth-order valence-corrected chi connectivity index (χ4v) is 1.92. The zero-order valence-electron chi connectivity index (χ0n) is 13.7. The Balaban J connectivity index is 1.98. The summed E-state index contributed by atoms with van der Waals surface area (Å²) in [6.07, 6.45) is 1.73. The van der Waals surface area contributed by atoms with Gasteiger partial charge in [-0.15, -0.1) is 0 Å². The molecule has 1 aromatic carbocycles. The number of pyridine rings is 1. The van der Waals surface area contributed by atoms with Crippen LogP contribution in [0.4, 0.5) is 5.69 Å². The number of aromatic nitrogens is 1. The highest BCUT2D eigenvalue weighted by Gasteiger charge is 2.27. The quantitative estimate of drug-likeness (QED) is 0.889. The van der Waals surface area contributed by atoms with Crippen LogP contribution in [0.1, 0.15) is 26.5 Å². The van der Waals surface area contributed by atoms with E-state index in [9.17, 15) is 4.79 Å². The molecule has 5 nitrogen and oxygen atoms in total. The predicted octanol–water partition coefficient (Wildman–Crippen LogP) is 2.97. The summed E-state index contributed by atoms with van der Waals surface area (Å²) in [6, 6.07) is 12.3. The molecule has 0 fully saturated rings. The second kappa shape index (κ2) is 7.24. The molecule has 0 aliphatic heterocycles. The van der Waals surface area contributed by atoms with Crippen molar-refractivity contribution < 1.29 is 9.53 Å². The van der Waals surface area contributed by atoms with Crippen LogP contribution in [0.3, 0.4) is 0 Å². The van der Waals surface area contributed by atoms with Crippen LogP contribution in [0, 0.1) is 5.41 Å². The van der Waals surface area contributed by atoms with Crippen molar-refractivity contribution in [2.75, 3.05) is 5.32 Å². The van der Waals surface area contributed by atoms with Gasteiger partial charge < -0.3 is 15.8 Å². The lowest BCUT2D eigenvalue weighted by molar-refractivity contribution is -0.119. The SMILES string of the molecule is CC(C)(C)[C@H](N)C(=O)Nc1cccc(OCc2ccccn2)c1. The first-order chi connectivity index (χ1) is 10.9. The standard InChI is InChI=1S/C18H23N3O2/c1-18(2,3)16(19)17(22)21-13-8-6-9-15(11-13)23-12-14-7-4-5-10-20-14/h4-11,16H,12,19H2,1-3H3,(H,21,22)/t16-/m1/s1. The van der Waals surface area contributed by atoms with Crippen molar-refractivity contribution in [3.63, 3.8) is 0 Å². The van der Waals surface area contributed by atoms with E-state index >= 15 is 0 Å². The van der Waals surface area contributed by atoms with Crippen LogP contribution in [0.2, 0.25) is 0 Å². The molecule has 1 amide bonds. The third-order valence-electron chi connectivity index (χ3n) is 3.43. The summed E-state index contributed by atoms with van der Waals surface area (Å²) in [6.45, 7) is 6.18. The fourth-order valence-electron chi connectivity index (χ4n) is 1.92. The minimum absolute atomic E-state index is 0.209. The number of nitrogens with zero attached hydrogens (tertiary/aromatic N) is 1. The van der Waals surface area contributed by atoms with E-state index < -0.39 is 6.04 Å². The number of rotatable bonds is 5. The van der Waals surface area contributed by atoms with E-state index in [0.29, 0.717) is 18.0 Å². The minimum atomic E-state index is -0.583. The third-order valence-corrected chi connectivity index (χ3v) is 3.43. The summed E-state index contributed by atoms with van der Waals surface area (Å²) < 4.78 is 5.70. The van der Waals surface area contributed by atoms with Gasteiger partial charge in [-0.1, -0.05) is 32.9 Å². The number of nitrogens with two attached hydrogens (primary N) is 1. The molecular formula is C18H23N3O2. The lowest BCUT2D eigenvalue weighted by atomic mass is 9.87. The van der Waals surface area contributed by atoms with Crippen LogP contribution in [0.25, 0.3) is 0 Å². The van der Waals surface area contributed by atoms with Crippen molar-refractivity contribution in [1.29, 1.82) is 0 Å². The fraction of sp³-hybridized carbons (Fsp3) is 0.333. The molecule has 0 bridgehead atoms. The minimum Gasteiger partial charge on any atom is -0.487 e. The molecule has 0 saturated carbocycles. The molecule has 0 spiro atoms. The predicted molar refractivity (Wildman–Crippen MR) is 91.1 cm³/mol. The van der Waals surface area contributed by atoms with Crippen molar-refractivity contribution in [1.82, 2.24) is 4.98 Å². The molecule has 0 aliphatic rings. The maximum absolute atomic E-state index is 12.2. The van der Waals surface area contributed by atoms with E-state index in [1.165, 1.54) is 0 Å². The Morgan fingerprint density at radius 1 is 1.26 bits per heavy atom. The van der Waals surface area contributed by atoms with Gasteiger partial charge in [-0.2, -0.15) is 0 Å². The molecule has 2 rings (SSSR count). The van der Waals surface area contributed by atoms with Gasteiger partial charge in [0.25, 0.3) is 0 Å². The maximum atomic E-state index is 12.2. The Kier molecular flexibility index (Phi) is 5.34. The molecule has 5 heteroatoms. The van der Waals surface area contributed by atoms with E-state index in [-0.39, 0.29) is 11.3 Å². The second-order valence-corrected chi connectivity index (χ2v) is 6.47. The first-order valence-corrected chi connectivity index (χ1v) is 7.55. The molecule has 1 aromatic heterocycles. The van der Waals surface area contributed by atoms with Crippen LogP contribution in [-0.2, 0) is 11.4 Å². The zero-order chi connectivity index (χ0) is 16.9. The molecule has 0 aliphatic carbocycles.